The van der Waals surface area contributed by atoms with Crippen LogP contribution in [0.4, 0.5) is 0 Å². The Kier molecular flexibility index (Phi) is 4.45. The van der Waals surface area contributed by atoms with Crippen molar-refractivity contribution in [1.82, 2.24) is 0 Å². The van der Waals surface area contributed by atoms with E-state index in [-0.39, 0.29) is 17.8 Å². The fourth-order valence-corrected chi connectivity index (χ4v) is 3.47. The van der Waals surface area contributed by atoms with E-state index in [9.17, 15) is 5.11 Å². The van der Waals surface area contributed by atoms with Crippen molar-refractivity contribution in [1.29, 1.82) is 0 Å². The summed E-state index contributed by atoms with van der Waals surface area (Å²) in [5, 5.41) is 10.3. The molecule has 1 saturated carbocycles. The van der Waals surface area contributed by atoms with Gasteiger partial charge in [-0.1, -0.05) is 12.8 Å². The number of hydrogen-bond donors (Lipinski definition) is 1. The molecule has 17 heavy (non-hydrogen) atoms. The van der Waals surface area contributed by atoms with Gasteiger partial charge in [-0.25, -0.2) is 0 Å². The van der Waals surface area contributed by atoms with Gasteiger partial charge in [-0.15, -0.1) is 0 Å². The number of aliphatic hydroxyl groups is 1. The molecule has 0 aromatic rings. The van der Waals surface area contributed by atoms with E-state index in [2.05, 4.69) is 0 Å². The molecular formula is C14H26O3. The van der Waals surface area contributed by atoms with Crippen LogP contribution in [0.1, 0.15) is 52.4 Å². The summed E-state index contributed by atoms with van der Waals surface area (Å²) in [6.45, 7) is 5.43. The predicted octanol–water partition coefficient (Wildman–Crippen LogP) is 2.51. The SMILES string of the molecule is CCOC(C)C(O)C1CCOC2(CCCC2)C1. The summed E-state index contributed by atoms with van der Waals surface area (Å²) < 4.78 is 11.5. The molecule has 2 aliphatic rings. The van der Waals surface area contributed by atoms with Crippen molar-refractivity contribution < 1.29 is 14.6 Å². The molecule has 1 aliphatic heterocycles. The number of ether oxygens (including phenoxy) is 2. The zero-order valence-electron chi connectivity index (χ0n) is 11.2. The molecule has 0 radical (unpaired) electrons. The standard InChI is InChI=1S/C14H26O3/c1-3-16-11(2)13(15)12-6-9-17-14(10-12)7-4-5-8-14/h11-13,15H,3-10H2,1-2H3. The van der Waals surface area contributed by atoms with Crippen LogP contribution in [-0.2, 0) is 9.47 Å². The Morgan fingerprint density at radius 1 is 1.41 bits per heavy atom. The van der Waals surface area contributed by atoms with E-state index in [4.69, 9.17) is 9.47 Å². The summed E-state index contributed by atoms with van der Waals surface area (Å²) >= 11 is 0. The maximum absolute atomic E-state index is 10.3. The summed E-state index contributed by atoms with van der Waals surface area (Å²) in [4.78, 5) is 0. The monoisotopic (exact) mass is 242 g/mol. The van der Waals surface area contributed by atoms with Crippen LogP contribution in [-0.4, -0.2) is 36.1 Å². The van der Waals surface area contributed by atoms with Gasteiger partial charge >= 0.3 is 0 Å². The molecule has 0 amide bonds. The molecule has 0 aromatic carbocycles. The summed E-state index contributed by atoms with van der Waals surface area (Å²) in [6.07, 6.45) is 6.52. The Morgan fingerprint density at radius 3 is 2.76 bits per heavy atom. The highest BCUT2D eigenvalue weighted by Gasteiger charge is 2.42. The lowest BCUT2D eigenvalue weighted by Gasteiger charge is -2.41. The van der Waals surface area contributed by atoms with Crippen molar-refractivity contribution in [2.75, 3.05) is 13.2 Å². The lowest BCUT2D eigenvalue weighted by atomic mass is 9.80. The molecule has 2 rings (SSSR count). The smallest absolute Gasteiger partial charge is 0.0829 e. The van der Waals surface area contributed by atoms with Crippen LogP contribution < -0.4 is 0 Å². The van der Waals surface area contributed by atoms with E-state index in [0.717, 1.165) is 19.4 Å². The summed E-state index contributed by atoms with van der Waals surface area (Å²) in [5.74, 6) is 0.350. The quantitative estimate of drug-likeness (QED) is 0.823. The molecule has 0 bridgehead atoms. The average molecular weight is 242 g/mol. The third-order valence-corrected chi connectivity index (χ3v) is 4.44. The van der Waals surface area contributed by atoms with Crippen LogP contribution in [0.25, 0.3) is 0 Å². The van der Waals surface area contributed by atoms with Gasteiger partial charge in [0.1, 0.15) is 0 Å². The normalized spacial score (nSPS) is 31.6. The molecule has 3 unspecified atom stereocenters. The third kappa shape index (κ3) is 3.01. The van der Waals surface area contributed by atoms with Crippen molar-refractivity contribution in [3.8, 4) is 0 Å². The third-order valence-electron chi connectivity index (χ3n) is 4.44. The molecule has 1 aliphatic carbocycles. The molecule has 100 valence electrons. The fraction of sp³-hybridized carbons (Fsp3) is 1.00. The topological polar surface area (TPSA) is 38.7 Å². The first-order chi connectivity index (χ1) is 8.17. The molecule has 1 spiro atoms. The zero-order valence-corrected chi connectivity index (χ0v) is 11.2. The maximum Gasteiger partial charge on any atom is 0.0829 e. The van der Waals surface area contributed by atoms with E-state index in [1.54, 1.807) is 0 Å². The van der Waals surface area contributed by atoms with Gasteiger partial charge in [-0.2, -0.15) is 0 Å². The van der Waals surface area contributed by atoms with Gasteiger partial charge in [0.05, 0.1) is 17.8 Å². The van der Waals surface area contributed by atoms with E-state index in [1.807, 2.05) is 13.8 Å². The number of aliphatic hydroxyl groups excluding tert-OH is 1. The van der Waals surface area contributed by atoms with Crippen molar-refractivity contribution >= 4 is 0 Å². The van der Waals surface area contributed by atoms with Crippen molar-refractivity contribution in [3.63, 3.8) is 0 Å². The van der Waals surface area contributed by atoms with E-state index in [1.165, 1.54) is 25.7 Å². The Morgan fingerprint density at radius 2 is 2.12 bits per heavy atom. The van der Waals surface area contributed by atoms with Gasteiger partial charge in [0.25, 0.3) is 0 Å². The summed E-state index contributed by atoms with van der Waals surface area (Å²) in [6, 6.07) is 0. The van der Waals surface area contributed by atoms with Crippen LogP contribution in [0.15, 0.2) is 0 Å². The first kappa shape index (κ1) is 13.3. The second-order valence-electron chi connectivity index (χ2n) is 5.64. The molecule has 1 saturated heterocycles. The molecule has 3 heteroatoms. The molecule has 0 aromatic heterocycles. The molecular weight excluding hydrogens is 216 g/mol. The Bertz CT molecular complexity index is 236. The van der Waals surface area contributed by atoms with E-state index < -0.39 is 0 Å². The molecule has 3 atom stereocenters. The average Bonchev–Trinajstić information content (AvgIpc) is 2.76. The van der Waals surface area contributed by atoms with Crippen LogP contribution in [0.5, 0.6) is 0 Å². The van der Waals surface area contributed by atoms with Gasteiger partial charge < -0.3 is 14.6 Å². The molecule has 1 heterocycles. The minimum atomic E-state index is -0.337. The highest BCUT2D eigenvalue weighted by molar-refractivity contribution is 4.93. The minimum absolute atomic E-state index is 0.0541. The second kappa shape index (κ2) is 5.68. The summed E-state index contributed by atoms with van der Waals surface area (Å²) in [7, 11) is 0. The van der Waals surface area contributed by atoms with Gasteiger partial charge in [0, 0.05) is 13.2 Å². The molecule has 2 fully saturated rings. The highest BCUT2D eigenvalue weighted by Crippen LogP contribution is 2.43. The van der Waals surface area contributed by atoms with Crippen LogP contribution in [0.3, 0.4) is 0 Å². The zero-order chi connectivity index (χ0) is 12.3. The first-order valence-electron chi connectivity index (χ1n) is 7.10. The van der Waals surface area contributed by atoms with Crippen molar-refractivity contribution in [2.45, 2.75) is 70.2 Å². The van der Waals surface area contributed by atoms with E-state index >= 15 is 0 Å². The van der Waals surface area contributed by atoms with Gasteiger partial charge in [-0.3, -0.25) is 0 Å². The Labute approximate surface area is 104 Å². The van der Waals surface area contributed by atoms with Gasteiger partial charge in [-0.05, 0) is 45.4 Å². The maximum atomic E-state index is 10.3. The summed E-state index contributed by atoms with van der Waals surface area (Å²) in [5.41, 5.74) is 0.0931. The lowest BCUT2D eigenvalue weighted by Crippen LogP contribution is -2.44. The second-order valence-corrected chi connectivity index (χ2v) is 5.64. The largest absolute Gasteiger partial charge is 0.390 e. The van der Waals surface area contributed by atoms with Crippen LogP contribution >= 0.6 is 0 Å². The lowest BCUT2D eigenvalue weighted by molar-refractivity contribution is -0.133. The first-order valence-corrected chi connectivity index (χ1v) is 7.10. The van der Waals surface area contributed by atoms with Gasteiger partial charge in [0.2, 0.25) is 0 Å². The fourth-order valence-electron chi connectivity index (χ4n) is 3.47. The number of rotatable bonds is 4. The molecule has 3 nitrogen and oxygen atoms in total. The van der Waals surface area contributed by atoms with E-state index in [0.29, 0.717) is 12.5 Å². The minimum Gasteiger partial charge on any atom is -0.390 e. The van der Waals surface area contributed by atoms with Crippen molar-refractivity contribution in [3.05, 3.63) is 0 Å². The van der Waals surface area contributed by atoms with Crippen molar-refractivity contribution in [2.24, 2.45) is 5.92 Å². The molecule has 1 N–H and O–H groups in total. The van der Waals surface area contributed by atoms with Crippen LogP contribution in [0, 0.1) is 5.92 Å². The predicted molar refractivity (Wildman–Crippen MR) is 67.0 cm³/mol. The van der Waals surface area contributed by atoms with Crippen LogP contribution in [0.2, 0.25) is 0 Å². The number of hydrogen-bond acceptors (Lipinski definition) is 3. The Hall–Kier alpha value is -0.120. The van der Waals surface area contributed by atoms with Gasteiger partial charge in [0.15, 0.2) is 0 Å². The highest BCUT2D eigenvalue weighted by atomic mass is 16.5. The Balaban J connectivity index is 1.92.